The Morgan fingerprint density at radius 1 is 1.05 bits per heavy atom. The van der Waals surface area contributed by atoms with Gasteiger partial charge < -0.3 is 5.11 Å². The van der Waals surface area contributed by atoms with Crippen molar-refractivity contribution >= 4 is 41.1 Å². The largest absolute Gasteiger partial charge is 0.478 e. The number of carbonyl (C=O) groups is 1. The van der Waals surface area contributed by atoms with Gasteiger partial charge in [0.05, 0.1) is 10.6 Å². The van der Waals surface area contributed by atoms with E-state index in [1.807, 2.05) is 6.07 Å². The second kappa shape index (κ2) is 7.73. The van der Waals surface area contributed by atoms with Crippen molar-refractivity contribution in [1.29, 1.82) is 0 Å². The van der Waals surface area contributed by atoms with Crippen molar-refractivity contribution in [3.63, 3.8) is 0 Å². The van der Waals surface area contributed by atoms with Crippen molar-refractivity contribution in [3.8, 4) is 0 Å². The number of carboxylic acid groups (broad SMARTS) is 1. The fourth-order valence-electron chi connectivity index (χ4n) is 1.61. The molecule has 2 aromatic carbocycles. The molecule has 0 radical (unpaired) electrons. The molecule has 2 rings (SSSR count). The number of carboxylic acids is 1. The smallest absolute Gasteiger partial charge is 0.337 e. The third-order valence-corrected chi connectivity index (χ3v) is 5.20. The summed E-state index contributed by atoms with van der Waals surface area (Å²) < 4.78 is 12.8. The van der Waals surface area contributed by atoms with Gasteiger partial charge in [0.1, 0.15) is 5.82 Å². The van der Waals surface area contributed by atoms with E-state index in [-0.39, 0.29) is 16.4 Å². The first kappa shape index (κ1) is 16.2. The van der Waals surface area contributed by atoms with E-state index in [1.54, 1.807) is 47.8 Å². The molecule has 0 saturated carbocycles. The summed E-state index contributed by atoms with van der Waals surface area (Å²) in [5, 5.41) is 9.25. The Bertz CT molecular complexity index is 632. The van der Waals surface area contributed by atoms with Crippen LogP contribution in [0.5, 0.6) is 0 Å². The van der Waals surface area contributed by atoms with Gasteiger partial charge in [0.15, 0.2) is 0 Å². The summed E-state index contributed by atoms with van der Waals surface area (Å²) in [6, 6.07) is 11.4. The lowest BCUT2D eigenvalue weighted by Gasteiger charge is -2.05. The Balaban J connectivity index is 1.85. The minimum absolute atomic E-state index is 0.118. The highest BCUT2D eigenvalue weighted by Crippen LogP contribution is 2.26. The van der Waals surface area contributed by atoms with Crippen LogP contribution in [0.25, 0.3) is 0 Å². The molecule has 110 valence electrons. The molecule has 0 unspecified atom stereocenters. The molecule has 1 N–H and O–H groups in total. The van der Waals surface area contributed by atoms with Crippen LogP contribution < -0.4 is 0 Å². The lowest BCUT2D eigenvalue weighted by molar-refractivity contribution is 0.0697. The van der Waals surface area contributed by atoms with E-state index in [9.17, 15) is 9.18 Å². The molecule has 0 saturated heterocycles. The zero-order valence-corrected chi connectivity index (χ0v) is 13.3. The minimum atomic E-state index is -1.02. The van der Waals surface area contributed by atoms with E-state index in [0.29, 0.717) is 0 Å². The predicted molar refractivity (Wildman–Crippen MR) is 86.3 cm³/mol. The van der Waals surface area contributed by atoms with Crippen LogP contribution in [0.4, 0.5) is 4.39 Å². The highest BCUT2D eigenvalue weighted by molar-refractivity contribution is 8.03. The van der Waals surface area contributed by atoms with Crippen molar-refractivity contribution in [3.05, 3.63) is 58.9 Å². The summed E-state index contributed by atoms with van der Waals surface area (Å²) in [6.07, 6.45) is 0. The van der Waals surface area contributed by atoms with Crippen LogP contribution in [0.1, 0.15) is 10.4 Å². The molecule has 0 bridgehead atoms. The molecular weight excluding hydrogens is 331 g/mol. The standard InChI is InChI=1S/C15H12ClFO2S2/c16-14-6-5-12(9-13(14)15(18)19)21-8-7-20-11-3-1-10(17)2-4-11/h1-6,9H,7-8H2,(H,18,19). The van der Waals surface area contributed by atoms with Crippen molar-refractivity contribution in [2.75, 3.05) is 11.5 Å². The van der Waals surface area contributed by atoms with Gasteiger partial charge in [0.2, 0.25) is 0 Å². The van der Waals surface area contributed by atoms with E-state index < -0.39 is 5.97 Å². The molecule has 0 spiro atoms. The number of thioether (sulfide) groups is 2. The lowest BCUT2D eigenvalue weighted by Crippen LogP contribution is -1.97. The molecule has 0 aliphatic heterocycles. The summed E-state index contributed by atoms with van der Waals surface area (Å²) in [5.41, 5.74) is 0.118. The average molecular weight is 343 g/mol. The Hall–Kier alpha value is -1.17. The first-order valence-corrected chi connectivity index (χ1v) is 8.45. The monoisotopic (exact) mass is 342 g/mol. The Morgan fingerprint density at radius 3 is 2.24 bits per heavy atom. The Labute approximate surface area is 135 Å². The first-order chi connectivity index (χ1) is 10.1. The van der Waals surface area contributed by atoms with Gasteiger partial charge >= 0.3 is 5.97 Å². The zero-order valence-electron chi connectivity index (χ0n) is 10.9. The number of halogens is 2. The third-order valence-electron chi connectivity index (χ3n) is 2.60. The lowest BCUT2D eigenvalue weighted by atomic mass is 10.2. The molecule has 0 fully saturated rings. The summed E-state index contributed by atoms with van der Waals surface area (Å²) in [6.45, 7) is 0. The Kier molecular flexibility index (Phi) is 5.96. The maximum Gasteiger partial charge on any atom is 0.337 e. The zero-order chi connectivity index (χ0) is 15.2. The fourth-order valence-corrected chi connectivity index (χ4v) is 3.64. The molecule has 0 aromatic heterocycles. The highest BCUT2D eigenvalue weighted by Gasteiger charge is 2.09. The van der Waals surface area contributed by atoms with Crippen LogP contribution in [0, 0.1) is 5.82 Å². The molecule has 0 atom stereocenters. The number of hydrogen-bond acceptors (Lipinski definition) is 3. The maximum atomic E-state index is 12.8. The van der Waals surface area contributed by atoms with Gasteiger partial charge in [-0.25, -0.2) is 9.18 Å². The minimum Gasteiger partial charge on any atom is -0.478 e. The van der Waals surface area contributed by atoms with E-state index in [2.05, 4.69) is 0 Å². The fraction of sp³-hybridized carbons (Fsp3) is 0.133. The molecule has 2 nitrogen and oxygen atoms in total. The van der Waals surface area contributed by atoms with Crippen LogP contribution in [0.15, 0.2) is 52.3 Å². The summed E-state index contributed by atoms with van der Waals surface area (Å²) in [7, 11) is 0. The normalized spacial score (nSPS) is 10.6. The molecule has 0 heterocycles. The van der Waals surface area contributed by atoms with Crippen molar-refractivity contribution < 1.29 is 14.3 Å². The van der Waals surface area contributed by atoms with Crippen LogP contribution in [0.2, 0.25) is 5.02 Å². The van der Waals surface area contributed by atoms with E-state index >= 15 is 0 Å². The highest BCUT2D eigenvalue weighted by atomic mass is 35.5. The molecule has 0 aliphatic carbocycles. The van der Waals surface area contributed by atoms with Gasteiger partial charge in [-0.05, 0) is 42.5 Å². The summed E-state index contributed by atoms with van der Waals surface area (Å²) >= 11 is 9.02. The topological polar surface area (TPSA) is 37.3 Å². The molecule has 0 amide bonds. The number of rotatable bonds is 6. The Morgan fingerprint density at radius 2 is 1.62 bits per heavy atom. The second-order valence-electron chi connectivity index (χ2n) is 4.10. The maximum absolute atomic E-state index is 12.8. The molecule has 2 aromatic rings. The van der Waals surface area contributed by atoms with Crippen LogP contribution in [-0.4, -0.2) is 22.6 Å². The van der Waals surface area contributed by atoms with E-state index in [1.165, 1.54) is 12.1 Å². The average Bonchev–Trinajstić information content (AvgIpc) is 2.46. The van der Waals surface area contributed by atoms with Crippen molar-refractivity contribution in [2.24, 2.45) is 0 Å². The molecule has 6 heteroatoms. The molecular formula is C15H12ClFO2S2. The molecule has 0 aliphatic rings. The summed E-state index contributed by atoms with van der Waals surface area (Å²) in [4.78, 5) is 12.9. The van der Waals surface area contributed by atoms with Gasteiger partial charge in [-0.1, -0.05) is 11.6 Å². The van der Waals surface area contributed by atoms with Gasteiger partial charge in [0, 0.05) is 21.3 Å². The number of hydrogen-bond donors (Lipinski definition) is 1. The SMILES string of the molecule is O=C(O)c1cc(SCCSc2ccc(F)cc2)ccc1Cl. The predicted octanol–water partition coefficient (Wildman–Crippen LogP) is 5.06. The number of aromatic carboxylic acids is 1. The van der Waals surface area contributed by atoms with Crippen LogP contribution >= 0.6 is 35.1 Å². The van der Waals surface area contributed by atoms with Gasteiger partial charge in [0.25, 0.3) is 0 Å². The van der Waals surface area contributed by atoms with Crippen LogP contribution in [0.3, 0.4) is 0 Å². The first-order valence-electron chi connectivity index (χ1n) is 6.10. The molecule has 21 heavy (non-hydrogen) atoms. The van der Waals surface area contributed by atoms with Gasteiger partial charge in [-0.3, -0.25) is 0 Å². The second-order valence-corrected chi connectivity index (χ2v) is 6.84. The van der Waals surface area contributed by atoms with Crippen molar-refractivity contribution in [2.45, 2.75) is 9.79 Å². The van der Waals surface area contributed by atoms with Gasteiger partial charge in [-0.15, -0.1) is 23.5 Å². The number of benzene rings is 2. The quantitative estimate of drug-likeness (QED) is 0.588. The van der Waals surface area contributed by atoms with E-state index in [0.717, 1.165) is 21.3 Å². The third kappa shape index (κ3) is 4.95. The summed E-state index contributed by atoms with van der Waals surface area (Å²) in [5.74, 6) is 0.406. The van der Waals surface area contributed by atoms with E-state index in [4.69, 9.17) is 16.7 Å². The van der Waals surface area contributed by atoms with Crippen LogP contribution in [-0.2, 0) is 0 Å². The van der Waals surface area contributed by atoms with Gasteiger partial charge in [-0.2, -0.15) is 0 Å². The van der Waals surface area contributed by atoms with Crippen molar-refractivity contribution in [1.82, 2.24) is 0 Å².